The number of carbonyl (C=O) groups excluding carboxylic acids is 2. The average molecular weight is 472 g/mol. The summed E-state index contributed by atoms with van der Waals surface area (Å²) in [5.74, 6) is 0.357. The highest BCUT2D eigenvalue weighted by Crippen LogP contribution is 2.43. The molecule has 0 spiro atoms. The van der Waals surface area contributed by atoms with Gasteiger partial charge in [0.25, 0.3) is 0 Å². The molecule has 1 amide bonds. The van der Waals surface area contributed by atoms with Crippen molar-refractivity contribution in [1.82, 2.24) is 0 Å². The Morgan fingerprint density at radius 2 is 1.82 bits per heavy atom. The molecule has 2 aromatic rings. The number of fused-ring (bicyclic) bond motifs is 1. The maximum Gasteiger partial charge on any atom is 0.229 e. The number of carbonyl (C=O) groups is 2. The number of ether oxygens (including phenoxy) is 1. The van der Waals surface area contributed by atoms with E-state index in [9.17, 15) is 18.0 Å². The molecule has 1 heterocycles. The highest BCUT2D eigenvalue weighted by Gasteiger charge is 2.48. The van der Waals surface area contributed by atoms with Crippen LogP contribution in [0.4, 0.5) is 17.1 Å². The number of Topliss-reactive ketones (excluding diaryl/α,β-unsaturated/α-hetero) is 1. The first kappa shape index (κ1) is 23.1. The Balaban J connectivity index is 1.72. The zero-order valence-electron chi connectivity index (χ0n) is 19.3. The first-order valence-corrected chi connectivity index (χ1v) is 12.8. The zero-order valence-corrected chi connectivity index (χ0v) is 20.1. The van der Waals surface area contributed by atoms with Crippen molar-refractivity contribution in [2.75, 3.05) is 34.8 Å². The summed E-state index contributed by atoms with van der Waals surface area (Å²) in [4.78, 5) is 27.5. The number of ketones is 1. The molecule has 0 radical (unpaired) electrons. The number of sulfonamides is 1. The number of nitrogens with one attached hydrogen (secondary N) is 2. The standard InChI is InChI=1S/C24H29N3O5S/c1-15(28)27-21-10-8-17(18-9-11-22(32-3)20(13-18)26-33(4,30)31)12-19(21)25-14-24(27,2)23(29)16-6-5-7-16/h8-13,16,25-26H,5-7,14H2,1-4H3/t24-/m0/s1. The summed E-state index contributed by atoms with van der Waals surface area (Å²) >= 11 is 0. The van der Waals surface area contributed by atoms with Gasteiger partial charge in [0.2, 0.25) is 15.9 Å². The van der Waals surface area contributed by atoms with Crippen LogP contribution in [-0.2, 0) is 19.6 Å². The molecule has 1 atom stereocenters. The van der Waals surface area contributed by atoms with E-state index in [0.29, 0.717) is 23.7 Å². The molecule has 2 N–H and O–H groups in total. The van der Waals surface area contributed by atoms with Crippen LogP contribution < -0.4 is 19.7 Å². The number of hydrogen-bond donors (Lipinski definition) is 2. The van der Waals surface area contributed by atoms with Gasteiger partial charge in [0, 0.05) is 19.4 Å². The number of rotatable bonds is 6. The summed E-state index contributed by atoms with van der Waals surface area (Å²) in [7, 11) is -2.01. The highest BCUT2D eigenvalue weighted by atomic mass is 32.2. The summed E-state index contributed by atoms with van der Waals surface area (Å²) < 4.78 is 31.3. The van der Waals surface area contributed by atoms with Gasteiger partial charge in [-0.2, -0.15) is 0 Å². The predicted octanol–water partition coefficient (Wildman–Crippen LogP) is 3.64. The van der Waals surface area contributed by atoms with Crippen molar-refractivity contribution in [3.8, 4) is 16.9 Å². The molecule has 176 valence electrons. The maximum absolute atomic E-state index is 13.2. The van der Waals surface area contributed by atoms with Gasteiger partial charge in [-0.15, -0.1) is 0 Å². The lowest BCUT2D eigenvalue weighted by molar-refractivity contribution is -0.132. The minimum atomic E-state index is -3.48. The molecular weight excluding hydrogens is 442 g/mol. The first-order chi connectivity index (χ1) is 15.5. The smallest absolute Gasteiger partial charge is 0.229 e. The second-order valence-corrected chi connectivity index (χ2v) is 10.7. The van der Waals surface area contributed by atoms with Crippen molar-refractivity contribution in [3.63, 3.8) is 0 Å². The van der Waals surface area contributed by atoms with Gasteiger partial charge in [-0.25, -0.2) is 8.42 Å². The largest absolute Gasteiger partial charge is 0.495 e. The Morgan fingerprint density at radius 1 is 1.15 bits per heavy atom. The van der Waals surface area contributed by atoms with E-state index in [0.717, 1.165) is 42.3 Å². The van der Waals surface area contributed by atoms with Crippen LogP contribution in [0.25, 0.3) is 11.1 Å². The molecule has 0 unspecified atom stereocenters. The Morgan fingerprint density at radius 3 is 2.39 bits per heavy atom. The maximum atomic E-state index is 13.2. The van der Waals surface area contributed by atoms with Gasteiger partial charge >= 0.3 is 0 Å². The Labute approximate surface area is 194 Å². The fourth-order valence-corrected chi connectivity index (χ4v) is 5.22. The molecule has 9 heteroatoms. The Hall–Kier alpha value is -3.07. The van der Waals surface area contributed by atoms with E-state index in [-0.39, 0.29) is 17.6 Å². The van der Waals surface area contributed by atoms with Gasteiger partial charge in [-0.3, -0.25) is 19.2 Å². The minimum Gasteiger partial charge on any atom is -0.495 e. The molecule has 2 aromatic carbocycles. The topological polar surface area (TPSA) is 105 Å². The SMILES string of the molecule is COc1ccc(-c2ccc3c(c2)NC[C@@](C)(C(=O)C2CCC2)N3C(C)=O)cc1NS(C)(=O)=O. The van der Waals surface area contributed by atoms with Crippen LogP contribution in [0.1, 0.15) is 33.1 Å². The summed E-state index contributed by atoms with van der Waals surface area (Å²) in [6.07, 6.45) is 3.90. The second-order valence-electron chi connectivity index (χ2n) is 9.00. The van der Waals surface area contributed by atoms with Gasteiger partial charge < -0.3 is 10.1 Å². The number of amides is 1. The number of methoxy groups -OCH3 is 1. The molecule has 1 fully saturated rings. The molecule has 1 aliphatic heterocycles. The van der Waals surface area contributed by atoms with Crippen molar-refractivity contribution in [1.29, 1.82) is 0 Å². The lowest BCUT2D eigenvalue weighted by Crippen LogP contribution is -2.63. The fourth-order valence-electron chi connectivity index (χ4n) is 4.66. The molecule has 0 bridgehead atoms. The van der Waals surface area contributed by atoms with Crippen LogP contribution in [0.5, 0.6) is 5.75 Å². The molecule has 4 rings (SSSR count). The van der Waals surface area contributed by atoms with Crippen LogP contribution >= 0.6 is 0 Å². The highest BCUT2D eigenvalue weighted by molar-refractivity contribution is 7.92. The minimum absolute atomic E-state index is 0.0135. The number of anilines is 3. The van der Waals surface area contributed by atoms with Crippen LogP contribution in [-0.4, -0.2) is 45.6 Å². The molecule has 0 aromatic heterocycles. The van der Waals surface area contributed by atoms with Crippen molar-refractivity contribution < 1.29 is 22.7 Å². The molecule has 0 saturated heterocycles. The van der Waals surface area contributed by atoms with Crippen LogP contribution in [0.3, 0.4) is 0 Å². The molecule has 8 nitrogen and oxygen atoms in total. The third-order valence-corrected chi connectivity index (χ3v) is 7.09. The average Bonchev–Trinajstić information content (AvgIpc) is 2.70. The molecular formula is C24H29N3O5S. The molecule has 2 aliphatic rings. The monoisotopic (exact) mass is 471 g/mol. The Bertz CT molecular complexity index is 1220. The predicted molar refractivity (Wildman–Crippen MR) is 129 cm³/mol. The van der Waals surface area contributed by atoms with E-state index >= 15 is 0 Å². The van der Waals surface area contributed by atoms with Gasteiger partial charge in [-0.1, -0.05) is 18.6 Å². The van der Waals surface area contributed by atoms with Crippen molar-refractivity contribution >= 4 is 38.8 Å². The normalized spacial score (nSPS) is 20.3. The van der Waals surface area contributed by atoms with Crippen LogP contribution in [0.15, 0.2) is 36.4 Å². The summed E-state index contributed by atoms with van der Waals surface area (Å²) in [5, 5.41) is 3.36. The van der Waals surface area contributed by atoms with Gasteiger partial charge in [0.1, 0.15) is 11.3 Å². The zero-order chi connectivity index (χ0) is 24.0. The quantitative estimate of drug-likeness (QED) is 0.667. The number of benzene rings is 2. The summed E-state index contributed by atoms with van der Waals surface area (Å²) in [6, 6.07) is 10.8. The molecule has 1 aliphatic carbocycles. The lowest BCUT2D eigenvalue weighted by Gasteiger charge is -2.47. The second kappa shape index (κ2) is 8.37. The van der Waals surface area contributed by atoms with Gasteiger partial charge in [0.15, 0.2) is 5.78 Å². The number of hydrogen-bond acceptors (Lipinski definition) is 6. The van der Waals surface area contributed by atoms with E-state index in [1.807, 2.05) is 31.2 Å². The van der Waals surface area contributed by atoms with Crippen molar-refractivity contribution in [3.05, 3.63) is 36.4 Å². The number of nitrogens with zero attached hydrogens (tertiary/aromatic N) is 1. The summed E-state index contributed by atoms with van der Waals surface area (Å²) in [5.41, 5.74) is 2.42. The molecule has 33 heavy (non-hydrogen) atoms. The third kappa shape index (κ3) is 4.29. The molecule has 1 saturated carbocycles. The van der Waals surface area contributed by atoms with E-state index in [4.69, 9.17) is 4.74 Å². The van der Waals surface area contributed by atoms with E-state index in [2.05, 4.69) is 10.0 Å². The van der Waals surface area contributed by atoms with Crippen LogP contribution in [0.2, 0.25) is 0 Å². The fraction of sp³-hybridized carbons (Fsp3) is 0.417. The van der Waals surface area contributed by atoms with Gasteiger partial charge in [0.05, 0.1) is 30.4 Å². The van der Waals surface area contributed by atoms with Gasteiger partial charge in [-0.05, 0) is 55.2 Å². The third-order valence-electron chi connectivity index (χ3n) is 6.50. The first-order valence-electron chi connectivity index (χ1n) is 10.9. The van der Waals surface area contributed by atoms with E-state index in [1.54, 1.807) is 17.0 Å². The Kier molecular flexibility index (Phi) is 5.86. The van der Waals surface area contributed by atoms with E-state index in [1.165, 1.54) is 14.0 Å². The van der Waals surface area contributed by atoms with Crippen LogP contribution in [0, 0.1) is 5.92 Å². The summed E-state index contributed by atoms with van der Waals surface area (Å²) in [6.45, 7) is 3.66. The lowest BCUT2D eigenvalue weighted by atomic mass is 9.73. The van der Waals surface area contributed by atoms with E-state index < -0.39 is 15.6 Å². The van der Waals surface area contributed by atoms with Crippen molar-refractivity contribution in [2.45, 2.75) is 38.6 Å². The van der Waals surface area contributed by atoms with Crippen molar-refractivity contribution in [2.24, 2.45) is 5.92 Å².